The fourth-order valence-corrected chi connectivity index (χ4v) is 2.17. The van der Waals surface area contributed by atoms with E-state index in [9.17, 15) is 17.6 Å². The van der Waals surface area contributed by atoms with Gasteiger partial charge in [-0.3, -0.25) is 0 Å². The van der Waals surface area contributed by atoms with Crippen LogP contribution in [0.2, 0.25) is 0 Å². The van der Waals surface area contributed by atoms with Crippen molar-refractivity contribution in [2.24, 2.45) is 0 Å². The van der Waals surface area contributed by atoms with Gasteiger partial charge in [-0.05, 0) is 44.4 Å². The first-order valence-corrected chi connectivity index (χ1v) is 6.89. The minimum Gasteiger partial charge on any atom is -0.494 e. The van der Waals surface area contributed by atoms with E-state index in [0.717, 1.165) is 5.56 Å². The van der Waals surface area contributed by atoms with Gasteiger partial charge in [-0.25, -0.2) is 4.39 Å². The van der Waals surface area contributed by atoms with E-state index < -0.39 is 18.4 Å². The molecule has 1 N–H and O–H groups in total. The van der Waals surface area contributed by atoms with Crippen molar-refractivity contribution >= 4 is 0 Å². The third kappa shape index (κ3) is 6.33. The van der Waals surface area contributed by atoms with Gasteiger partial charge in [-0.1, -0.05) is 6.07 Å². The molecule has 0 bridgehead atoms. The SMILES string of the molecule is COc1ccc(C(C)NC(C)CCCC(F)(F)F)cc1F. The molecule has 0 aliphatic heterocycles. The normalized spacial score (nSPS) is 14.8. The van der Waals surface area contributed by atoms with Gasteiger partial charge in [0.25, 0.3) is 0 Å². The minimum absolute atomic E-state index is 0.0764. The van der Waals surface area contributed by atoms with Gasteiger partial charge in [-0.15, -0.1) is 0 Å². The highest BCUT2D eigenvalue weighted by molar-refractivity contribution is 5.30. The van der Waals surface area contributed by atoms with Crippen LogP contribution in [0.15, 0.2) is 18.2 Å². The van der Waals surface area contributed by atoms with Crippen LogP contribution in [0, 0.1) is 5.82 Å². The van der Waals surface area contributed by atoms with Gasteiger partial charge < -0.3 is 10.1 Å². The lowest BCUT2D eigenvalue weighted by Crippen LogP contribution is -2.29. The van der Waals surface area contributed by atoms with Gasteiger partial charge >= 0.3 is 6.18 Å². The lowest BCUT2D eigenvalue weighted by Gasteiger charge is -2.21. The van der Waals surface area contributed by atoms with Crippen molar-refractivity contribution in [2.45, 2.75) is 51.4 Å². The Morgan fingerprint density at radius 1 is 1.24 bits per heavy atom. The summed E-state index contributed by atoms with van der Waals surface area (Å²) in [5, 5.41) is 3.17. The molecule has 0 aromatic heterocycles. The molecule has 0 saturated heterocycles. The van der Waals surface area contributed by atoms with Crippen molar-refractivity contribution in [3.8, 4) is 5.75 Å². The Balaban J connectivity index is 2.48. The van der Waals surface area contributed by atoms with Crippen molar-refractivity contribution < 1.29 is 22.3 Å². The second-order valence-corrected chi connectivity index (χ2v) is 5.19. The Morgan fingerprint density at radius 3 is 2.43 bits per heavy atom. The molecular weight excluding hydrogens is 286 g/mol. The third-order valence-electron chi connectivity index (χ3n) is 3.31. The Labute approximate surface area is 122 Å². The summed E-state index contributed by atoms with van der Waals surface area (Å²) in [7, 11) is 1.39. The van der Waals surface area contributed by atoms with Gasteiger partial charge in [0, 0.05) is 18.5 Å². The third-order valence-corrected chi connectivity index (χ3v) is 3.31. The Bertz CT molecular complexity index is 448. The number of nitrogens with one attached hydrogen (secondary N) is 1. The highest BCUT2D eigenvalue weighted by Gasteiger charge is 2.26. The lowest BCUT2D eigenvalue weighted by molar-refractivity contribution is -0.135. The predicted molar refractivity (Wildman–Crippen MR) is 73.9 cm³/mol. The Morgan fingerprint density at radius 2 is 1.90 bits per heavy atom. The summed E-state index contributed by atoms with van der Waals surface area (Å²) in [6, 6.07) is 4.43. The molecule has 2 nitrogen and oxygen atoms in total. The van der Waals surface area contributed by atoms with Crippen LogP contribution in [0.5, 0.6) is 5.75 Å². The molecule has 1 aromatic rings. The molecule has 21 heavy (non-hydrogen) atoms. The number of methoxy groups -OCH3 is 1. The molecule has 1 aromatic carbocycles. The van der Waals surface area contributed by atoms with Crippen LogP contribution in [-0.2, 0) is 0 Å². The van der Waals surface area contributed by atoms with E-state index >= 15 is 0 Å². The van der Waals surface area contributed by atoms with Crippen LogP contribution >= 0.6 is 0 Å². The van der Waals surface area contributed by atoms with Crippen molar-refractivity contribution in [1.29, 1.82) is 0 Å². The smallest absolute Gasteiger partial charge is 0.389 e. The summed E-state index contributed by atoms with van der Waals surface area (Å²) in [5.74, 6) is -0.280. The summed E-state index contributed by atoms with van der Waals surface area (Å²) in [6.45, 7) is 3.67. The van der Waals surface area contributed by atoms with Crippen LogP contribution in [0.1, 0.15) is 44.7 Å². The van der Waals surface area contributed by atoms with Crippen LogP contribution < -0.4 is 10.1 Å². The van der Waals surface area contributed by atoms with E-state index in [1.165, 1.54) is 19.2 Å². The van der Waals surface area contributed by atoms with Crippen LogP contribution in [0.3, 0.4) is 0 Å². The first-order chi connectivity index (χ1) is 9.73. The van der Waals surface area contributed by atoms with E-state index in [0.29, 0.717) is 6.42 Å². The number of ether oxygens (including phenoxy) is 1. The van der Waals surface area contributed by atoms with Crippen molar-refractivity contribution in [3.63, 3.8) is 0 Å². The number of alkyl halides is 3. The van der Waals surface area contributed by atoms with E-state index in [-0.39, 0.29) is 24.3 Å². The second-order valence-electron chi connectivity index (χ2n) is 5.19. The van der Waals surface area contributed by atoms with Crippen molar-refractivity contribution in [3.05, 3.63) is 29.6 Å². The summed E-state index contributed by atoms with van der Waals surface area (Å²) >= 11 is 0. The Hall–Kier alpha value is -1.30. The number of benzene rings is 1. The molecule has 2 unspecified atom stereocenters. The zero-order valence-electron chi connectivity index (χ0n) is 12.4. The molecule has 0 saturated carbocycles. The van der Waals surface area contributed by atoms with Crippen LogP contribution in [0.4, 0.5) is 17.6 Å². The number of hydrogen-bond donors (Lipinski definition) is 1. The molecule has 0 amide bonds. The average Bonchev–Trinajstić information content (AvgIpc) is 2.36. The van der Waals surface area contributed by atoms with E-state index in [4.69, 9.17) is 4.74 Å². The second kappa shape index (κ2) is 7.64. The van der Waals surface area contributed by atoms with Crippen LogP contribution in [0.25, 0.3) is 0 Å². The van der Waals surface area contributed by atoms with Crippen LogP contribution in [-0.4, -0.2) is 19.3 Å². The summed E-state index contributed by atoms with van der Waals surface area (Å²) in [4.78, 5) is 0. The molecule has 1 rings (SSSR count). The van der Waals surface area contributed by atoms with Gasteiger partial charge in [-0.2, -0.15) is 13.2 Å². The molecule has 0 spiro atoms. The topological polar surface area (TPSA) is 21.3 Å². The lowest BCUT2D eigenvalue weighted by atomic mass is 10.1. The number of rotatable bonds is 7. The molecular formula is C15H21F4NO. The highest BCUT2D eigenvalue weighted by atomic mass is 19.4. The average molecular weight is 307 g/mol. The van der Waals surface area contributed by atoms with Crippen molar-refractivity contribution in [1.82, 2.24) is 5.32 Å². The highest BCUT2D eigenvalue weighted by Crippen LogP contribution is 2.24. The number of halogens is 4. The molecule has 2 atom stereocenters. The maximum Gasteiger partial charge on any atom is 0.389 e. The van der Waals surface area contributed by atoms with Crippen molar-refractivity contribution in [2.75, 3.05) is 7.11 Å². The molecule has 0 radical (unpaired) electrons. The fourth-order valence-electron chi connectivity index (χ4n) is 2.17. The maximum absolute atomic E-state index is 13.6. The maximum atomic E-state index is 13.6. The minimum atomic E-state index is -4.11. The summed E-state index contributed by atoms with van der Waals surface area (Å²) < 4.78 is 54.7. The zero-order valence-corrected chi connectivity index (χ0v) is 12.4. The van der Waals surface area contributed by atoms with E-state index in [1.54, 1.807) is 6.07 Å². The predicted octanol–water partition coefficient (Wildman–Crippen LogP) is 4.61. The van der Waals surface area contributed by atoms with Gasteiger partial charge in [0.2, 0.25) is 0 Å². The largest absolute Gasteiger partial charge is 0.494 e. The standard InChI is InChI=1S/C15H21F4NO/c1-10(5-4-8-15(17,18)19)20-11(2)12-6-7-14(21-3)13(16)9-12/h6-7,9-11,20H,4-5,8H2,1-3H3. The summed E-state index contributed by atoms with van der Waals surface area (Å²) in [5.41, 5.74) is 0.732. The molecule has 120 valence electrons. The monoisotopic (exact) mass is 307 g/mol. The molecule has 0 fully saturated rings. The van der Waals surface area contributed by atoms with E-state index in [1.807, 2.05) is 13.8 Å². The quantitative estimate of drug-likeness (QED) is 0.743. The molecule has 0 aliphatic carbocycles. The van der Waals surface area contributed by atoms with Gasteiger partial charge in [0.05, 0.1) is 7.11 Å². The summed E-state index contributed by atoms with van der Waals surface area (Å²) in [6.07, 6.45) is -4.38. The first kappa shape index (κ1) is 17.8. The van der Waals surface area contributed by atoms with Gasteiger partial charge in [0.1, 0.15) is 0 Å². The first-order valence-electron chi connectivity index (χ1n) is 6.89. The fraction of sp³-hybridized carbons (Fsp3) is 0.600. The van der Waals surface area contributed by atoms with Gasteiger partial charge in [0.15, 0.2) is 11.6 Å². The zero-order chi connectivity index (χ0) is 16.0. The molecule has 0 aliphatic rings. The number of hydrogen-bond acceptors (Lipinski definition) is 2. The Kier molecular flexibility index (Phi) is 6.45. The molecule has 0 heterocycles. The molecule has 6 heteroatoms. The van der Waals surface area contributed by atoms with E-state index in [2.05, 4.69) is 5.32 Å².